The minimum absolute atomic E-state index is 0.0922. The van der Waals surface area contributed by atoms with E-state index >= 15 is 0 Å². The molecule has 1 aromatic carbocycles. The van der Waals surface area contributed by atoms with Gasteiger partial charge in [-0.05, 0) is 26.0 Å². The molecule has 1 aliphatic heterocycles. The van der Waals surface area contributed by atoms with Crippen LogP contribution in [0.4, 0.5) is 13.2 Å². The normalized spacial score (nSPS) is 18.5. The van der Waals surface area contributed by atoms with Crippen LogP contribution in [-0.2, 0) is 0 Å². The number of benzene rings is 1. The van der Waals surface area contributed by atoms with E-state index in [1.165, 1.54) is 0 Å². The molecule has 1 saturated heterocycles. The minimum Gasteiger partial charge on any atom is -0.336 e. The molecule has 6 heteroatoms. The van der Waals surface area contributed by atoms with Crippen molar-refractivity contribution in [3.8, 4) is 0 Å². The maximum Gasteiger partial charge on any atom is 0.254 e. The molecule has 2 nitrogen and oxygen atoms in total. The largest absolute Gasteiger partial charge is 0.336 e. The van der Waals surface area contributed by atoms with E-state index in [0.29, 0.717) is 13.1 Å². The number of hydrogen-bond donors (Lipinski definition) is 0. The zero-order valence-electron chi connectivity index (χ0n) is 10.7. The molecule has 1 heterocycles. The first-order valence-electron chi connectivity index (χ1n) is 5.88. The molecular formula is C13H14F3NOS. The second-order valence-electron chi connectivity index (χ2n) is 5.09. The first-order valence-corrected chi connectivity index (χ1v) is 6.86. The van der Waals surface area contributed by atoms with Crippen molar-refractivity contribution < 1.29 is 18.0 Å². The van der Waals surface area contributed by atoms with E-state index in [9.17, 15) is 18.0 Å². The monoisotopic (exact) mass is 289 g/mol. The van der Waals surface area contributed by atoms with Crippen LogP contribution in [0.1, 0.15) is 24.2 Å². The Kier molecular flexibility index (Phi) is 3.80. The first-order chi connectivity index (χ1) is 8.80. The molecule has 0 unspecified atom stereocenters. The lowest BCUT2D eigenvalue weighted by atomic mass is 10.1. The van der Waals surface area contributed by atoms with Crippen LogP contribution in [0.15, 0.2) is 12.1 Å². The molecular weight excluding hydrogens is 275 g/mol. The third kappa shape index (κ3) is 3.05. The van der Waals surface area contributed by atoms with Crippen molar-refractivity contribution in [2.45, 2.75) is 18.6 Å². The lowest BCUT2D eigenvalue weighted by Crippen LogP contribution is -2.46. The standard InChI is InChI=1S/C13H14F3NOS/c1-13(2)7-17(3-4-19-13)12(18)8-5-9(14)11(16)10(15)6-8/h5-6H,3-4,7H2,1-2H3. The van der Waals surface area contributed by atoms with Crippen molar-refractivity contribution in [1.82, 2.24) is 4.90 Å². The lowest BCUT2D eigenvalue weighted by molar-refractivity contribution is 0.0747. The zero-order valence-corrected chi connectivity index (χ0v) is 11.5. The number of thioether (sulfide) groups is 1. The molecule has 104 valence electrons. The predicted molar refractivity (Wildman–Crippen MR) is 68.8 cm³/mol. The summed E-state index contributed by atoms with van der Waals surface area (Å²) in [4.78, 5) is 13.7. The highest BCUT2D eigenvalue weighted by molar-refractivity contribution is 8.00. The van der Waals surface area contributed by atoms with Gasteiger partial charge < -0.3 is 4.90 Å². The summed E-state index contributed by atoms with van der Waals surface area (Å²) in [7, 11) is 0. The van der Waals surface area contributed by atoms with Crippen LogP contribution in [0.3, 0.4) is 0 Å². The predicted octanol–water partition coefficient (Wildman–Crippen LogP) is 3.07. The molecule has 0 radical (unpaired) electrons. The van der Waals surface area contributed by atoms with Crippen molar-refractivity contribution in [2.24, 2.45) is 0 Å². The van der Waals surface area contributed by atoms with Gasteiger partial charge >= 0.3 is 0 Å². The van der Waals surface area contributed by atoms with Gasteiger partial charge in [0.2, 0.25) is 0 Å². The van der Waals surface area contributed by atoms with E-state index in [1.807, 2.05) is 13.8 Å². The molecule has 0 atom stereocenters. The van der Waals surface area contributed by atoms with E-state index in [-0.39, 0.29) is 10.3 Å². The van der Waals surface area contributed by atoms with Crippen molar-refractivity contribution >= 4 is 17.7 Å². The second-order valence-corrected chi connectivity index (χ2v) is 6.89. The highest BCUT2D eigenvalue weighted by Crippen LogP contribution is 2.30. The topological polar surface area (TPSA) is 20.3 Å². The van der Waals surface area contributed by atoms with Gasteiger partial charge in [-0.2, -0.15) is 11.8 Å². The Hall–Kier alpha value is -1.17. The molecule has 1 fully saturated rings. The Labute approximate surface area is 114 Å². The summed E-state index contributed by atoms with van der Waals surface area (Å²) in [5, 5.41) is 0. The molecule has 0 aromatic heterocycles. The molecule has 0 saturated carbocycles. The molecule has 0 bridgehead atoms. The molecule has 0 aliphatic carbocycles. The van der Waals surface area contributed by atoms with E-state index < -0.39 is 23.4 Å². The Morgan fingerprint density at radius 3 is 2.37 bits per heavy atom. The minimum atomic E-state index is -1.55. The molecule has 0 spiro atoms. The van der Waals surface area contributed by atoms with Gasteiger partial charge in [0.05, 0.1) is 0 Å². The van der Waals surface area contributed by atoms with E-state index in [2.05, 4.69) is 0 Å². The number of nitrogens with zero attached hydrogens (tertiary/aromatic N) is 1. The van der Waals surface area contributed by atoms with Crippen molar-refractivity contribution in [3.63, 3.8) is 0 Å². The highest BCUT2D eigenvalue weighted by atomic mass is 32.2. The van der Waals surface area contributed by atoms with Crippen LogP contribution in [-0.4, -0.2) is 34.4 Å². The summed E-state index contributed by atoms with van der Waals surface area (Å²) in [5.74, 6) is -3.93. The summed E-state index contributed by atoms with van der Waals surface area (Å²) in [6, 6.07) is 1.49. The van der Waals surface area contributed by atoms with Crippen LogP contribution in [0.25, 0.3) is 0 Å². The highest BCUT2D eigenvalue weighted by Gasteiger charge is 2.30. The van der Waals surface area contributed by atoms with Gasteiger partial charge in [0, 0.05) is 29.2 Å². The maximum absolute atomic E-state index is 13.1. The fourth-order valence-corrected chi connectivity index (χ4v) is 3.16. The Morgan fingerprint density at radius 2 is 1.84 bits per heavy atom. The van der Waals surface area contributed by atoms with Gasteiger partial charge in [0.1, 0.15) is 0 Å². The molecule has 0 N–H and O–H groups in total. The van der Waals surface area contributed by atoms with Crippen molar-refractivity contribution in [2.75, 3.05) is 18.8 Å². The van der Waals surface area contributed by atoms with Gasteiger partial charge in [-0.1, -0.05) is 0 Å². The van der Waals surface area contributed by atoms with Crippen LogP contribution < -0.4 is 0 Å². The summed E-state index contributed by atoms with van der Waals surface area (Å²) in [6.07, 6.45) is 0. The van der Waals surface area contributed by atoms with Gasteiger partial charge in [-0.15, -0.1) is 0 Å². The van der Waals surface area contributed by atoms with Gasteiger partial charge in [0.15, 0.2) is 17.5 Å². The molecule has 1 aliphatic rings. The summed E-state index contributed by atoms with van der Waals surface area (Å²) in [5.41, 5.74) is -0.154. The lowest BCUT2D eigenvalue weighted by Gasteiger charge is -2.37. The number of carbonyl (C=O) groups excluding carboxylic acids is 1. The van der Waals surface area contributed by atoms with Gasteiger partial charge in [-0.3, -0.25) is 4.79 Å². The van der Waals surface area contributed by atoms with Crippen LogP contribution in [0.5, 0.6) is 0 Å². The Morgan fingerprint density at radius 1 is 1.26 bits per heavy atom. The number of hydrogen-bond acceptors (Lipinski definition) is 2. The quantitative estimate of drug-likeness (QED) is 0.741. The zero-order chi connectivity index (χ0) is 14.2. The third-order valence-corrected chi connectivity index (χ3v) is 4.24. The molecule has 2 rings (SSSR count). The van der Waals surface area contributed by atoms with Crippen molar-refractivity contribution in [1.29, 1.82) is 0 Å². The van der Waals surface area contributed by atoms with Crippen molar-refractivity contribution in [3.05, 3.63) is 35.1 Å². The van der Waals surface area contributed by atoms with Crippen LogP contribution >= 0.6 is 11.8 Å². The van der Waals surface area contributed by atoms with E-state index in [4.69, 9.17) is 0 Å². The molecule has 1 amide bonds. The fraction of sp³-hybridized carbons (Fsp3) is 0.462. The third-order valence-electron chi connectivity index (χ3n) is 2.94. The Balaban J connectivity index is 2.25. The number of amides is 1. The smallest absolute Gasteiger partial charge is 0.254 e. The SMILES string of the molecule is CC1(C)CN(C(=O)c2cc(F)c(F)c(F)c2)CCS1. The first kappa shape index (κ1) is 14.2. The number of carbonyl (C=O) groups is 1. The summed E-state index contributed by atoms with van der Waals surface area (Å²) >= 11 is 1.74. The number of halogens is 3. The fourth-order valence-electron chi connectivity index (χ4n) is 2.05. The average Bonchev–Trinajstić information content (AvgIpc) is 2.33. The summed E-state index contributed by atoms with van der Waals surface area (Å²) in [6.45, 7) is 5.02. The number of rotatable bonds is 1. The van der Waals surface area contributed by atoms with Crippen LogP contribution in [0.2, 0.25) is 0 Å². The van der Waals surface area contributed by atoms with E-state index in [0.717, 1.165) is 17.9 Å². The van der Waals surface area contributed by atoms with Gasteiger partial charge in [-0.25, -0.2) is 13.2 Å². The maximum atomic E-state index is 13.1. The average molecular weight is 289 g/mol. The Bertz CT molecular complexity index is 496. The van der Waals surface area contributed by atoms with Gasteiger partial charge in [0.25, 0.3) is 5.91 Å². The summed E-state index contributed by atoms with van der Waals surface area (Å²) < 4.78 is 39.0. The molecule has 1 aromatic rings. The van der Waals surface area contributed by atoms with E-state index in [1.54, 1.807) is 16.7 Å². The molecule has 19 heavy (non-hydrogen) atoms. The second kappa shape index (κ2) is 5.07. The van der Waals surface area contributed by atoms with Crippen LogP contribution in [0, 0.1) is 17.5 Å².